The molecule has 154 valence electrons. The number of methoxy groups -OCH3 is 1. The maximum absolute atomic E-state index is 13.2. The quantitative estimate of drug-likeness (QED) is 0.593. The van der Waals surface area contributed by atoms with Crippen molar-refractivity contribution in [2.75, 3.05) is 24.6 Å². The second-order valence-corrected chi connectivity index (χ2v) is 9.34. The Morgan fingerprint density at radius 3 is 2.63 bits per heavy atom. The standard InChI is InChI=1S/C23H22BrN3O2S/c1-14-5-4-6-15(2)22(14)26-12-27-21(28)10-17(19(11-25)23(27)30-13-26)18-9-16(24)7-8-20(18)29-3/h4-9,17H,10,12-13H2,1-3H3/t17-/m1/s1. The predicted molar refractivity (Wildman–Crippen MR) is 123 cm³/mol. The summed E-state index contributed by atoms with van der Waals surface area (Å²) in [7, 11) is 1.61. The van der Waals surface area contributed by atoms with Crippen LogP contribution >= 0.6 is 27.7 Å². The highest BCUT2D eigenvalue weighted by atomic mass is 79.9. The average Bonchev–Trinajstić information content (AvgIpc) is 2.73. The first-order valence-electron chi connectivity index (χ1n) is 9.66. The van der Waals surface area contributed by atoms with Gasteiger partial charge in [0.05, 0.1) is 36.3 Å². The number of nitrogens with zero attached hydrogens (tertiary/aromatic N) is 3. The summed E-state index contributed by atoms with van der Waals surface area (Å²) in [6.07, 6.45) is 0.250. The zero-order valence-corrected chi connectivity index (χ0v) is 19.5. The molecule has 0 spiro atoms. The maximum atomic E-state index is 13.2. The molecule has 7 heteroatoms. The second-order valence-electron chi connectivity index (χ2n) is 7.49. The highest BCUT2D eigenvalue weighted by Gasteiger charge is 2.39. The highest BCUT2D eigenvalue weighted by molar-refractivity contribution is 9.10. The topological polar surface area (TPSA) is 56.6 Å². The van der Waals surface area contributed by atoms with Crippen LogP contribution in [0.3, 0.4) is 0 Å². The van der Waals surface area contributed by atoms with Gasteiger partial charge in [-0.1, -0.05) is 45.9 Å². The van der Waals surface area contributed by atoms with E-state index in [2.05, 4.69) is 52.9 Å². The van der Waals surface area contributed by atoms with Crippen molar-refractivity contribution in [3.8, 4) is 11.8 Å². The molecule has 0 saturated carbocycles. The molecule has 1 atom stereocenters. The van der Waals surface area contributed by atoms with E-state index in [9.17, 15) is 10.1 Å². The molecule has 2 aliphatic rings. The van der Waals surface area contributed by atoms with Gasteiger partial charge in [0.25, 0.3) is 0 Å². The Bertz CT molecular complexity index is 1070. The predicted octanol–water partition coefficient (Wildman–Crippen LogP) is 5.29. The van der Waals surface area contributed by atoms with Crippen LogP contribution in [0.4, 0.5) is 5.69 Å². The number of ether oxygens (including phenoxy) is 1. The smallest absolute Gasteiger partial charge is 0.229 e. The molecule has 2 heterocycles. The van der Waals surface area contributed by atoms with Crippen molar-refractivity contribution in [1.82, 2.24) is 4.90 Å². The lowest BCUT2D eigenvalue weighted by Crippen LogP contribution is -2.47. The molecule has 0 unspecified atom stereocenters. The Labute approximate surface area is 189 Å². The van der Waals surface area contributed by atoms with Crippen LogP contribution < -0.4 is 9.64 Å². The summed E-state index contributed by atoms with van der Waals surface area (Å²) in [5, 5.41) is 10.8. The molecule has 0 aromatic heterocycles. The molecule has 1 saturated heterocycles. The summed E-state index contributed by atoms with van der Waals surface area (Å²) in [5.41, 5.74) is 5.03. The van der Waals surface area contributed by atoms with Gasteiger partial charge in [0.1, 0.15) is 5.75 Å². The third-order valence-electron chi connectivity index (χ3n) is 5.62. The van der Waals surface area contributed by atoms with Gasteiger partial charge < -0.3 is 9.64 Å². The zero-order chi connectivity index (χ0) is 21.4. The van der Waals surface area contributed by atoms with Crippen LogP contribution in [0, 0.1) is 25.2 Å². The van der Waals surface area contributed by atoms with Crippen molar-refractivity contribution in [3.05, 3.63) is 68.2 Å². The van der Waals surface area contributed by atoms with Gasteiger partial charge in [0, 0.05) is 28.1 Å². The summed E-state index contributed by atoms with van der Waals surface area (Å²) >= 11 is 5.06. The fourth-order valence-corrected chi connectivity index (χ4v) is 5.78. The summed E-state index contributed by atoms with van der Waals surface area (Å²) in [5.74, 6) is 1.11. The molecular weight excluding hydrogens is 462 g/mol. The molecule has 0 bridgehead atoms. The van der Waals surface area contributed by atoms with E-state index in [-0.39, 0.29) is 18.2 Å². The SMILES string of the molecule is COc1ccc(Br)cc1[C@H]1CC(=O)N2CN(c3c(C)cccc3C)CSC2=C1C#N. The number of aryl methyl sites for hydroxylation is 2. The lowest BCUT2D eigenvalue weighted by molar-refractivity contribution is -0.129. The van der Waals surface area contributed by atoms with E-state index in [1.165, 1.54) is 11.1 Å². The fourth-order valence-electron chi connectivity index (χ4n) is 4.25. The van der Waals surface area contributed by atoms with Crippen LogP contribution in [0.2, 0.25) is 0 Å². The molecule has 1 amide bonds. The minimum atomic E-state index is -0.305. The molecule has 0 N–H and O–H groups in total. The molecule has 0 radical (unpaired) electrons. The van der Waals surface area contributed by atoms with Crippen LogP contribution in [0.25, 0.3) is 0 Å². The Kier molecular flexibility index (Phi) is 5.81. The Hall–Kier alpha value is -2.43. The van der Waals surface area contributed by atoms with E-state index in [0.717, 1.165) is 20.8 Å². The molecule has 2 aromatic rings. The number of benzene rings is 2. The number of hydrogen-bond donors (Lipinski definition) is 0. The summed E-state index contributed by atoms with van der Waals surface area (Å²) in [4.78, 5) is 17.2. The molecule has 5 nitrogen and oxygen atoms in total. The minimum absolute atomic E-state index is 0.0273. The van der Waals surface area contributed by atoms with Crippen LogP contribution in [-0.4, -0.2) is 30.5 Å². The molecule has 2 aromatic carbocycles. The summed E-state index contributed by atoms with van der Waals surface area (Å²) < 4.78 is 6.42. The number of carbonyl (C=O) groups is 1. The number of halogens is 1. The molecular formula is C23H22BrN3O2S. The van der Waals surface area contributed by atoms with Gasteiger partial charge in [-0.15, -0.1) is 0 Å². The van der Waals surface area contributed by atoms with Crippen LogP contribution in [0.1, 0.15) is 29.0 Å². The minimum Gasteiger partial charge on any atom is -0.496 e. The van der Waals surface area contributed by atoms with Crippen LogP contribution in [-0.2, 0) is 4.79 Å². The maximum Gasteiger partial charge on any atom is 0.229 e. The number of rotatable bonds is 3. The van der Waals surface area contributed by atoms with Gasteiger partial charge in [0.2, 0.25) is 5.91 Å². The number of para-hydroxylation sites is 1. The third-order valence-corrected chi connectivity index (χ3v) is 7.26. The van der Waals surface area contributed by atoms with Crippen molar-refractivity contribution in [3.63, 3.8) is 0 Å². The first kappa shape index (κ1) is 20.8. The van der Waals surface area contributed by atoms with Gasteiger partial charge in [-0.05, 0) is 43.2 Å². The molecule has 1 fully saturated rings. The first-order chi connectivity index (χ1) is 14.4. The van der Waals surface area contributed by atoms with E-state index < -0.39 is 0 Å². The number of hydrogen-bond acceptors (Lipinski definition) is 5. The summed E-state index contributed by atoms with van der Waals surface area (Å²) in [6.45, 7) is 4.64. The number of carbonyl (C=O) groups excluding carboxylic acids is 1. The number of fused-ring (bicyclic) bond motifs is 1. The molecule has 0 aliphatic carbocycles. The van der Waals surface area contributed by atoms with E-state index >= 15 is 0 Å². The van der Waals surface area contributed by atoms with Crippen molar-refractivity contribution < 1.29 is 9.53 Å². The zero-order valence-electron chi connectivity index (χ0n) is 17.1. The third kappa shape index (κ3) is 3.59. The number of nitriles is 1. The van der Waals surface area contributed by atoms with Gasteiger partial charge >= 0.3 is 0 Å². The fraction of sp³-hybridized carbons (Fsp3) is 0.304. The van der Waals surface area contributed by atoms with E-state index in [1.807, 2.05) is 24.3 Å². The Morgan fingerprint density at radius 1 is 1.23 bits per heavy atom. The molecule has 4 rings (SSSR count). The normalized spacial score (nSPS) is 18.9. The van der Waals surface area contributed by atoms with E-state index in [1.54, 1.807) is 23.8 Å². The van der Waals surface area contributed by atoms with Crippen molar-refractivity contribution >= 4 is 39.3 Å². The average molecular weight is 484 g/mol. The number of amides is 1. The summed E-state index contributed by atoms with van der Waals surface area (Å²) in [6, 6.07) is 14.3. The van der Waals surface area contributed by atoms with Crippen molar-refractivity contribution in [2.45, 2.75) is 26.2 Å². The van der Waals surface area contributed by atoms with Gasteiger partial charge in [-0.3, -0.25) is 9.69 Å². The Balaban J connectivity index is 1.73. The van der Waals surface area contributed by atoms with Crippen LogP contribution in [0.5, 0.6) is 5.75 Å². The van der Waals surface area contributed by atoms with Crippen molar-refractivity contribution in [1.29, 1.82) is 5.26 Å². The number of thioether (sulfide) groups is 1. The lowest BCUT2D eigenvalue weighted by atomic mass is 9.86. The van der Waals surface area contributed by atoms with E-state index in [0.29, 0.717) is 23.9 Å². The van der Waals surface area contributed by atoms with Crippen molar-refractivity contribution in [2.24, 2.45) is 0 Å². The molecule has 30 heavy (non-hydrogen) atoms. The first-order valence-corrected chi connectivity index (χ1v) is 11.4. The van der Waals surface area contributed by atoms with Gasteiger partial charge in [-0.2, -0.15) is 5.26 Å². The monoisotopic (exact) mass is 483 g/mol. The largest absolute Gasteiger partial charge is 0.496 e. The van der Waals surface area contributed by atoms with Crippen LogP contribution in [0.15, 0.2) is 51.5 Å². The number of anilines is 1. The highest BCUT2D eigenvalue weighted by Crippen LogP contribution is 2.46. The second kappa shape index (κ2) is 8.37. The van der Waals surface area contributed by atoms with Gasteiger partial charge in [0.15, 0.2) is 0 Å². The van der Waals surface area contributed by atoms with Gasteiger partial charge in [-0.25, -0.2) is 0 Å². The van der Waals surface area contributed by atoms with E-state index in [4.69, 9.17) is 4.74 Å². The molecule has 2 aliphatic heterocycles. The number of allylic oxidation sites excluding steroid dienone is 1. The lowest BCUT2D eigenvalue weighted by Gasteiger charge is -2.43. The Morgan fingerprint density at radius 2 is 1.97 bits per heavy atom.